The van der Waals surface area contributed by atoms with Gasteiger partial charge in [-0.25, -0.2) is 0 Å². The summed E-state index contributed by atoms with van der Waals surface area (Å²) in [7, 11) is 3.10. The molecule has 178 valence electrons. The molecule has 1 N–H and O–H groups in total. The van der Waals surface area contributed by atoms with Crippen LogP contribution >= 0.6 is 0 Å². The maximum absolute atomic E-state index is 14.1. The molecule has 0 saturated heterocycles. The van der Waals surface area contributed by atoms with E-state index in [9.17, 15) is 9.59 Å². The molecule has 2 heterocycles. The maximum Gasteiger partial charge on any atom is 0.277 e. The Kier molecular flexibility index (Phi) is 5.76. The molecule has 3 aromatic rings. The van der Waals surface area contributed by atoms with Gasteiger partial charge in [-0.2, -0.15) is 0 Å². The quantitative estimate of drug-likeness (QED) is 0.504. The lowest BCUT2D eigenvalue weighted by molar-refractivity contribution is -0.140. The Hall–Kier alpha value is -4.13. The van der Waals surface area contributed by atoms with Crippen molar-refractivity contribution in [2.75, 3.05) is 19.5 Å². The third kappa shape index (κ3) is 3.55. The fourth-order valence-electron chi connectivity index (χ4n) is 4.86. The van der Waals surface area contributed by atoms with E-state index in [0.29, 0.717) is 39.6 Å². The summed E-state index contributed by atoms with van der Waals surface area (Å²) in [6.07, 6.45) is 1.94. The zero-order valence-corrected chi connectivity index (χ0v) is 19.8. The number of benzene rings is 3. The number of fused-ring (bicyclic) bond motifs is 2. The number of aryl methyl sites for hydroxylation is 1. The number of anilines is 1. The van der Waals surface area contributed by atoms with Gasteiger partial charge in [0.05, 0.1) is 14.2 Å². The Morgan fingerprint density at radius 3 is 2.54 bits per heavy atom. The largest absolute Gasteiger partial charge is 0.497 e. The molecule has 2 aliphatic heterocycles. The van der Waals surface area contributed by atoms with Gasteiger partial charge in [-0.3, -0.25) is 9.59 Å². The number of methoxy groups -OCH3 is 2. The van der Waals surface area contributed by atoms with Crippen molar-refractivity contribution in [3.05, 3.63) is 89.0 Å². The van der Waals surface area contributed by atoms with Crippen molar-refractivity contribution in [3.8, 4) is 11.5 Å². The van der Waals surface area contributed by atoms with Crippen LogP contribution in [0.4, 0.5) is 5.69 Å². The first-order valence-electron chi connectivity index (χ1n) is 11.6. The number of Topliss-reactive ketones (excluding diaryl/α,β-unsaturated/α-hetero) is 1. The minimum Gasteiger partial charge on any atom is -0.497 e. The van der Waals surface area contributed by atoms with Crippen molar-refractivity contribution < 1.29 is 23.9 Å². The first kappa shape index (κ1) is 22.7. The predicted molar refractivity (Wildman–Crippen MR) is 132 cm³/mol. The van der Waals surface area contributed by atoms with Crippen LogP contribution in [0, 0.1) is 5.92 Å². The van der Waals surface area contributed by atoms with E-state index < -0.39 is 17.4 Å². The summed E-state index contributed by atoms with van der Waals surface area (Å²) in [5, 5.41) is 7.21. The van der Waals surface area contributed by atoms with Crippen molar-refractivity contribution in [3.63, 3.8) is 0 Å². The number of hydrogen-bond acceptors (Lipinski definition) is 6. The average molecular weight is 471 g/mol. The monoisotopic (exact) mass is 470 g/mol. The van der Waals surface area contributed by atoms with Crippen molar-refractivity contribution in [1.29, 1.82) is 0 Å². The molecule has 0 fully saturated rings. The summed E-state index contributed by atoms with van der Waals surface area (Å²) >= 11 is 0. The van der Waals surface area contributed by atoms with Crippen LogP contribution in [-0.4, -0.2) is 31.6 Å². The van der Waals surface area contributed by atoms with Crippen molar-refractivity contribution in [2.24, 2.45) is 11.1 Å². The van der Waals surface area contributed by atoms with Crippen molar-refractivity contribution >= 4 is 23.1 Å². The summed E-state index contributed by atoms with van der Waals surface area (Å²) in [5.74, 6) is -0.643. The van der Waals surface area contributed by atoms with Gasteiger partial charge in [0.15, 0.2) is 5.78 Å². The lowest BCUT2D eigenvalue weighted by Crippen LogP contribution is -2.46. The van der Waals surface area contributed by atoms with Crippen LogP contribution in [0.15, 0.2) is 71.9 Å². The number of ether oxygens (including phenoxy) is 2. The summed E-state index contributed by atoms with van der Waals surface area (Å²) in [6, 6.07) is 20.0. The fourth-order valence-corrected chi connectivity index (χ4v) is 4.86. The molecule has 1 amide bonds. The fraction of sp³-hybridized carbons (Fsp3) is 0.250. The minimum atomic E-state index is -1.62. The maximum atomic E-state index is 14.1. The lowest BCUT2D eigenvalue weighted by Gasteiger charge is -2.27. The Morgan fingerprint density at radius 2 is 1.83 bits per heavy atom. The van der Waals surface area contributed by atoms with Crippen LogP contribution < -0.4 is 14.8 Å². The second-order valence-corrected chi connectivity index (χ2v) is 8.61. The van der Waals surface area contributed by atoms with E-state index in [1.165, 1.54) is 7.11 Å². The highest BCUT2D eigenvalue weighted by Crippen LogP contribution is 2.50. The Balaban J connectivity index is 1.66. The molecule has 3 aromatic carbocycles. The van der Waals surface area contributed by atoms with E-state index in [1.807, 2.05) is 24.3 Å². The van der Waals surface area contributed by atoms with Gasteiger partial charge in [0, 0.05) is 28.4 Å². The zero-order chi connectivity index (χ0) is 24.6. The Labute approximate surface area is 203 Å². The van der Waals surface area contributed by atoms with Gasteiger partial charge in [0.25, 0.3) is 11.5 Å². The first-order valence-corrected chi connectivity index (χ1v) is 11.6. The summed E-state index contributed by atoms with van der Waals surface area (Å²) < 4.78 is 10.9. The number of amides is 1. The second kappa shape index (κ2) is 8.91. The predicted octanol–water partition coefficient (Wildman–Crippen LogP) is 4.74. The van der Waals surface area contributed by atoms with Crippen molar-refractivity contribution in [2.45, 2.75) is 25.4 Å². The standard InChI is InChI=1S/C28H26N2O5/c1-4-7-17-10-12-18(13-11-17)26(31)24-25(20-15-14-19(33-2)16-23(20)34-3)30-35-28(24)21-8-5-6-9-22(21)29-27(28)32/h5-6,8-16,24H,4,7H2,1-3H3,(H,29,32)/t24-,28+/m1/s1. The number of carbonyl (C=O) groups excluding carboxylic acids is 2. The van der Waals surface area contributed by atoms with E-state index in [4.69, 9.17) is 14.3 Å². The van der Waals surface area contributed by atoms with Crippen LogP contribution in [-0.2, 0) is 21.7 Å². The number of hydrogen-bond donors (Lipinski definition) is 1. The molecule has 0 bridgehead atoms. The topological polar surface area (TPSA) is 86.2 Å². The number of carbonyl (C=O) groups is 2. The molecule has 5 rings (SSSR count). The lowest BCUT2D eigenvalue weighted by atomic mass is 9.74. The Morgan fingerprint density at radius 1 is 1.06 bits per heavy atom. The Bertz CT molecular complexity index is 1330. The summed E-state index contributed by atoms with van der Waals surface area (Å²) in [5.41, 5.74) is 2.09. The number of nitrogens with zero attached hydrogens (tertiary/aromatic N) is 1. The molecule has 0 aliphatic carbocycles. The molecule has 2 aliphatic rings. The zero-order valence-electron chi connectivity index (χ0n) is 19.8. The van der Waals surface area contributed by atoms with Crippen LogP contribution in [0.25, 0.3) is 0 Å². The number of nitrogens with one attached hydrogen (secondary N) is 1. The van der Waals surface area contributed by atoms with Crippen LogP contribution in [0.1, 0.15) is 40.4 Å². The smallest absolute Gasteiger partial charge is 0.277 e. The van der Waals surface area contributed by atoms with E-state index >= 15 is 0 Å². The normalized spacial score (nSPS) is 20.1. The van der Waals surface area contributed by atoms with Gasteiger partial charge in [-0.15, -0.1) is 0 Å². The molecular weight excluding hydrogens is 444 g/mol. The second-order valence-electron chi connectivity index (χ2n) is 8.61. The first-order chi connectivity index (χ1) is 17.0. The summed E-state index contributed by atoms with van der Waals surface area (Å²) in [4.78, 5) is 33.5. The number of para-hydroxylation sites is 1. The highest BCUT2D eigenvalue weighted by molar-refractivity contribution is 6.25. The van der Waals surface area contributed by atoms with Crippen LogP contribution in [0.3, 0.4) is 0 Å². The molecule has 0 radical (unpaired) electrons. The van der Waals surface area contributed by atoms with E-state index in [2.05, 4.69) is 17.4 Å². The van der Waals surface area contributed by atoms with Crippen LogP contribution in [0.5, 0.6) is 11.5 Å². The molecule has 0 aromatic heterocycles. The molecule has 7 nitrogen and oxygen atoms in total. The minimum absolute atomic E-state index is 0.256. The molecule has 1 spiro atoms. The van der Waals surface area contributed by atoms with Gasteiger partial charge >= 0.3 is 0 Å². The average Bonchev–Trinajstić information content (AvgIpc) is 3.42. The van der Waals surface area contributed by atoms with E-state index in [1.54, 1.807) is 49.6 Å². The van der Waals surface area contributed by atoms with E-state index in [0.717, 1.165) is 18.4 Å². The SMILES string of the molecule is CCCc1ccc(C(=O)[C@H]2C(c3ccc(OC)cc3OC)=NO[C@]23C(=O)Nc2ccccc23)cc1. The van der Waals surface area contributed by atoms with Crippen molar-refractivity contribution in [1.82, 2.24) is 0 Å². The van der Waals surface area contributed by atoms with Crippen LogP contribution in [0.2, 0.25) is 0 Å². The van der Waals surface area contributed by atoms with E-state index in [-0.39, 0.29) is 5.78 Å². The van der Waals surface area contributed by atoms with Gasteiger partial charge in [0.1, 0.15) is 23.1 Å². The van der Waals surface area contributed by atoms with Gasteiger partial charge < -0.3 is 19.6 Å². The molecular formula is C28H26N2O5. The van der Waals surface area contributed by atoms with Gasteiger partial charge in [0.2, 0.25) is 0 Å². The number of rotatable bonds is 7. The highest BCUT2D eigenvalue weighted by atomic mass is 16.7. The molecule has 0 saturated carbocycles. The summed E-state index contributed by atoms with van der Waals surface area (Å²) in [6.45, 7) is 2.11. The van der Waals surface area contributed by atoms with Gasteiger partial charge in [-0.05, 0) is 30.2 Å². The molecule has 0 unspecified atom stereocenters. The highest BCUT2D eigenvalue weighted by Gasteiger charge is 2.63. The number of oxime groups is 1. The molecule has 2 atom stereocenters. The number of ketones is 1. The molecule has 35 heavy (non-hydrogen) atoms. The third-order valence-electron chi connectivity index (χ3n) is 6.60. The van der Waals surface area contributed by atoms with Gasteiger partial charge in [-0.1, -0.05) is 61.0 Å². The molecule has 7 heteroatoms. The third-order valence-corrected chi connectivity index (χ3v) is 6.60.